The molecule has 0 aromatic carbocycles. The molecule has 1 aliphatic heterocycles. The lowest BCUT2D eigenvalue weighted by atomic mass is 9.77. The molecule has 0 radical (unpaired) electrons. The largest absolute Gasteiger partial charge is 0.490 e. The minimum atomic E-state index is -5.08. The van der Waals surface area contributed by atoms with Gasteiger partial charge in [0.2, 0.25) is 0 Å². The molecule has 0 bridgehead atoms. The highest BCUT2D eigenvalue weighted by Crippen LogP contribution is 2.37. The van der Waals surface area contributed by atoms with E-state index >= 15 is 0 Å². The molecule has 1 saturated carbocycles. The quantitative estimate of drug-likeness (QED) is 0.311. The first-order chi connectivity index (χ1) is 17.7. The normalized spacial score (nSPS) is 18.1. The number of hydrogen-bond donors (Lipinski definition) is 2. The molecule has 2 heterocycles. The van der Waals surface area contributed by atoms with Crippen molar-refractivity contribution in [3.8, 4) is 0 Å². The molecule has 3 rings (SSSR count). The predicted molar refractivity (Wildman–Crippen MR) is 127 cm³/mol. The number of carbonyl (C=O) groups excluding carboxylic acids is 1. The van der Waals surface area contributed by atoms with Crippen LogP contribution in [0.5, 0.6) is 0 Å². The van der Waals surface area contributed by atoms with Crippen molar-refractivity contribution in [2.45, 2.75) is 76.1 Å². The molecule has 1 aromatic rings. The summed E-state index contributed by atoms with van der Waals surface area (Å²) in [4.78, 5) is 33.1. The molecule has 1 aliphatic carbocycles. The van der Waals surface area contributed by atoms with Crippen LogP contribution in [0.3, 0.4) is 0 Å². The maximum Gasteiger partial charge on any atom is 0.490 e. The number of halogens is 6. The number of aliphatic carboxylic acids is 2. The minimum absolute atomic E-state index is 0.00937. The van der Waals surface area contributed by atoms with E-state index in [-0.39, 0.29) is 11.9 Å². The molecule has 1 aromatic heterocycles. The Balaban J connectivity index is 0.000000426. The molecule has 218 valence electrons. The summed E-state index contributed by atoms with van der Waals surface area (Å²) in [5.74, 6) is -5.07. The van der Waals surface area contributed by atoms with E-state index in [1.54, 1.807) is 11.3 Å². The molecule has 2 fully saturated rings. The Hall–Kier alpha value is -2.35. The first-order valence-corrected chi connectivity index (χ1v) is 13.2. The van der Waals surface area contributed by atoms with Crippen LogP contribution in [0.25, 0.3) is 0 Å². The number of ether oxygens (including phenoxy) is 1. The summed E-state index contributed by atoms with van der Waals surface area (Å²) >= 11 is 1.68. The summed E-state index contributed by atoms with van der Waals surface area (Å²) in [6.45, 7) is 3.77. The third-order valence-corrected chi connectivity index (χ3v) is 6.81. The maximum atomic E-state index is 12.8. The highest BCUT2D eigenvalue weighted by atomic mass is 32.1. The first-order valence-electron chi connectivity index (χ1n) is 12.2. The number of carboxylic acids is 2. The van der Waals surface area contributed by atoms with Gasteiger partial charge in [-0.05, 0) is 67.1 Å². The number of thiophene rings is 1. The second kappa shape index (κ2) is 16.6. The third kappa shape index (κ3) is 13.4. The van der Waals surface area contributed by atoms with Crippen LogP contribution in [-0.2, 0) is 19.1 Å². The summed E-state index contributed by atoms with van der Waals surface area (Å²) in [5.41, 5.74) is 1.17. The fourth-order valence-corrected chi connectivity index (χ4v) is 4.94. The van der Waals surface area contributed by atoms with Crippen LogP contribution >= 0.6 is 11.3 Å². The van der Waals surface area contributed by atoms with E-state index in [1.165, 1.54) is 63.4 Å². The van der Waals surface area contributed by atoms with Gasteiger partial charge in [0, 0.05) is 6.54 Å². The van der Waals surface area contributed by atoms with E-state index in [0.29, 0.717) is 12.5 Å². The van der Waals surface area contributed by atoms with Gasteiger partial charge in [0.25, 0.3) is 0 Å². The van der Waals surface area contributed by atoms with Gasteiger partial charge in [0.1, 0.15) is 6.61 Å². The van der Waals surface area contributed by atoms with Crippen LogP contribution in [-0.4, -0.2) is 71.6 Å². The lowest BCUT2D eigenvalue weighted by Crippen LogP contribution is -2.31. The van der Waals surface area contributed by atoms with Crippen LogP contribution in [0.15, 0.2) is 16.8 Å². The molecular weight excluding hydrogens is 544 g/mol. The number of esters is 1. The zero-order chi connectivity index (χ0) is 28.8. The lowest BCUT2D eigenvalue weighted by molar-refractivity contribution is -0.193. The monoisotopic (exact) mass is 577 g/mol. The molecule has 2 N–H and O–H groups in total. The van der Waals surface area contributed by atoms with Crippen molar-refractivity contribution in [1.82, 2.24) is 4.90 Å². The molecule has 0 spiro atoms. The van der Waals surface area contributed by atoms with E-state index in [2.05, 4.69) is 21.7 Å². The van der Waals surface area contributed by atoms with Gasteiger partial charge in [-0.3, -0.25) is 9.69 Å². The third-order valence-electron chi connectivity index (χ3n) is 6.11. The Bertz CT molecular complexity index is 808. The number of hydrogen-bond acceptors (Lipinski definition) is 6. The number of carbonyl (C=O) groups is 3. The minimum Gasteiger partial charge on any atom is -0.475 e. The summed E-state index contributed by atoms with van der Waals surface area (Å²) in [7, 11) is 0. The van der Waals surface area contributed by atoms with Gasteiger partial charge in [0.15, 0.2) is 0 Å². The topological polar surface area (TPSA) is 104 Å². The van der Waals surface area contributed by atoms with Gasteiger partial charge in [-0.15, -0.1) is 0 Å². The van der Waals surface area contributed by atoms with E-state index < -0.39 is 24.3 Å². The number of likely N-dealkylation sites (tertiary alicyclic amines) is 1. The van der Waals surface area contributed by atoms with E-state index in [1.807, 2.05) is 0 Å². The lowest BCUT2D eigenvalue weighted by Gasteiger charge is -2.29. The zero-order valence-corrected chi connectivity index (χ0v) is 21.5. The van der Waals surface area contributed by atoms with Crippen molar-refractivity contribution in [2.75, 3.05) is 26.2 Å². The number of nitrogens with zero attached hydrogens (tertiary/aromatic N) is 1. The number of rotatable bonds is 6. The van der Waals surface area contributed by atoms with Gasteiger partial charge in [-0.2, -0.15) is 37.7 Å². The van der Waals surface area contributed by atoms with Crippen molar-refractivity contribution in [3.63, 3.8) is 0 Å². The molecule has 14 heteroatoms. The van der Waals surface area contributed by atoms with Crippen molar-refractivity contribution in [2.24, 2.45) is 5.92 Å². The Morgan fingerprint density at radius 1 is 0.895 bits per heavy atom. The Labute approximate surface area is 220 Å². The highest BCUT2D eigenvalue weighted by Gasteiger charge is 2.39. The molecule has 1 unspecified atom stereocenters. The molecular formula is C24H33F6NO6S. The number of carboxylic acid groups (broad SMARTS) is 2. The highest BCUT2D eigenvalue weighted by molar-refractivity contribution is 7.08. The average Bonchev–Trinajstić information content (AvgIpc) is 3.22. The standard InChI is InChI=1S/C20H31NO2S.2C2HF3O2/c22-20(23-14-13-21-11-6-1-2-7-12-21)19(18-10-15-24-16-18)17-8-4-3-5-9-17;2*3-2(4,5)1(6)7/h10,15-17,19H,1-9,11-14H2;2*(H,6,7). The fraction of sp³-hybridized carbons (Fsp3) is 0.708. The molecule has 7 nitrogen and oxygen atoms in total. The van der Waals surface area contributed by atoms with E-state index in [9.17, 15) is 31.1 Å². The summed E-state index contributed by atoms with van der Waals surface area (Å²) < 4.78 is 69.2. The number of alkyl halides is 6. The van der Waals surface area contributed by atoms with Crippen LogP contribution in [0.2, 0.25) is 0 Å². The Morgan fingerprint density at radius 3 is 1.79 bits per heavy atom. The van der Waals surface area contributed by atoms with Crippen molar-refractivity contribution < 1.29 is 55.7 Å². The van der Waals surface area contributed by atoms with E-state index in [4.69, 9.17) is 24.5 Å². The molecule has 2 aliphatic rings. The van der Waals surface area contributed by atoms with Gasteiger partial charge in [-0.25, -0.2) is 9.59 Å². The summed E-state index contributed by atoms with van der Waals surface area (Å²) in [6.07, 6.45) is 1.26. The second-order valence-electron chi connectivity index (χ2n) is 8.96. The summed E-state index contributed by atoms with van der Waals surface area (Å²) in [5, 5.41) is 18.5. The van der Waals surface area contributed by atoms with Crippen molar-refractivity contribution in [1.29, 1.82) is 0 Å². The van der Waals surface area contributed by atoms with Crippen molar-refractivity contribution >= 4 is 29.2 Å². The van der Waals surface area contributed by atoms with Gasteiger partial charge in [0.05, 0.1) is 5.92 Å². The Kier molecular flexibility index (Phi) is 14.7. The van der Waals surface area contributed by atoms with Crippen LogP contribution in [0, 0.1) is 5.92 Å². The van der Waals surface area contributed by atoms with Gasteiger partial charge in [-0.1, -0.05) is 32.1 Å². The van der Waals surface area contributed by atoms with Gasteiger partial charge < -0.3 is 14.9 Å². The second-order valence-corrected chi connectivity index (χ2v) is 9.74. The van der Waals surface area contributed by atoms with Crippen LogP contribution < -0.4 is 0 Å². The molecule has 38 heavy (non-hydrogen) atoms. The fourth-order valence-electron chi connectivity index (χ4n) is 4.25. The van der Waals surface area contributed by atoms with Crippen molar-refractivity contribution in [3.05, 3.63) is 22.4 Å². The maximum absolute atomic E-state index is 12.8. The van der Waals surface area contributed by atoms with E-state index in [0.717, 1.165) is 19.6 Å². The Morgan fingerprint density at radius 2 is 1.37 bits per heavy atom. The molecule has 0 amide bonds. The molecule has 1 atom stereocenters. The zero-order valence-electron chi connectivity index (χ0n) is 20.7. The molecule has 1 saturated heterocycles. The predicted octanol–water partition coefficient (Wildman–Crippen LogP) is 6.10. The SMILES string of the molecule is O=C(O)C(F)(F)F.O=C(O)C(F)(F)F.O=C(OCCN1CCCCCC1)C(c1ccsc1)C1CCCCC1. The summed E-state index contributed by atoms with van der Waals surface area (Å²) in [6, 6.07) is 2.11. The first kappa shape index (κ1) is 33.7. The average molecular weight is 578 g/mol. The van der Waals surface area contributed by atoms with Gasteiger partial charge >= 0.3 is 30.3 Å². The smallest absolute Gasteiger partial charge is 0.475 e. The van der Waals surface area contributed by atoms with Crippen LogP contribution in [0.1, 0.15) is 69.3 Å². The van der Waals surface area contributed by atoms with Crippen LogP contribution in [0.4, 0.5) is 26.3 Å².